The van der Waals surface area contributed by atoms with Crippen LogP contribution in [-0.2, 0) is 6.42 Å². The quantitative estimate of drug-likeness (QED) is 0.909. The van der Waals surface area contributed by atoms with E-state index >= 15 is 0 Å². The van der Waals surface area contributed by atoms with Crippen molar-refractivity contribution >= 4 is 27.8 Å². The molecule has 5 heteroatoms. The lowest BCUT2D eigenvalue weighted by molar-refractivity contribution is 0.603. The van der Waals surface area contributed by atoms with E-state index in [0.29, 0.717) is 12.1 Å². The Labute approximate surface area is 135 Å². The molecule has 0 bridgehead atoms. The van der Waals surface area contributed by atoms with Crippen molar-refractivity contribution in [3.05, 3.63) is 32.5 Å². The molecule has 1 aliphatic heterocycles. The predicted molar refractivity (Wildman–Crippen MR) is 92.7 cm³/mol. The fourth-order valence-electron chi connectivity index (χ4n) is 3.09. The number of rotatable bonds is 4. The van der Waals surface area contributed by atoms with Crippen LogP contribution in [0.5, 0.6) is 0 Å². The number of thiazole rings is 1. The van der Waals surface area contributed by atoms with Gasteiger partial charge in [0.25, 0.3) is 0 Å². The van der Waals surface area contributed by atoms with Crippen LogP contribution in [0.2, 0.25) is 0 Å². The number of thiophene rings is 1. The summed E-state index contributed by atoms with van der Waals surface area (Å²) < 4.78 is 0. The van der Waals surface area contributed by atoms with Crippen molar-refractivity contribution in [2.24, 2.45) is 0 Å². The van der Waals surface area contributed by atoms with Gasteiger partial charge in [0.15, 0.2) is 5.13 Å². The van der Waals surface area contributed by atoms with Crippen LogP contribution < -0.4 is 10.2 Å². The molecule has 2 atom stereocenters. The monoisotopic (exact) mass is 321 g/mol. The van der Waals surface area contributed by atoms with Crippen LogP contribution in [0.15, 0.2) is 11.4 Å². The third-order valence-electron chi connectivity index (χ3n) is 4.25. The Balaban J connectivity index is 1.87. The number of nitrogens with one attached hydrogen (secondary N) is 1. The molecular weight excluding hydrogens is 298 g/mol. The van der Waals surface area contributed by atoms with Gasteiger partial charge in [-0.25, -0.2) is 4.98 Å². The van der Waals surface area contributed by atoms with E-state index in [1.54, 1.807) is 4.88 Å². The summed E-state index contributed by atoms with van der Waals surface area (Å²) >= 11 is 3.74. The van der Waals surface area contributed by atoms with Crippen LogP contribution in [0.1, 0.15) is 53.9 Å². The summed E-state index contributed by atoms with van der Waals surface area (Å²) in [5.41, 5.74) is 2.66. The summed E-state index contributed by atoms with van der Waals surface area (Å²) in [6.07, 6.45) is 1.15. The largest absolute Gasteiger partial charge is 0.341 e. The van der Waals surface area contributed by atoms with E-state index in [-0.39, 0.29) is 0 Å². The fourth-order valence-corrected chi connectivity index (χ4v) is 5.25. The van der Waals surface area contributed by atoms with E-state index < -0.39 is 0 Å². The van der Waals surface area contributed by atoms with Gasteiger partial charge in [0.1, 0.15) is 0 Å². The summed E-state index contributed by atoms with van der Waals surface area (Å²) in [5, 5.41) is 6.89. The van der Waals surface area contributed by atoms with Crippen LogP contribution >= 0.6 is 22.7 Å². The number of aryl methyl sites for hydroxylation is 1. The molecule has 1 aliphatic rings. The lowest BCUT2D eigenvalue weighted by Gasteiger charge is -2.33. The molecule has 2 unspecified atom stereocenters. The predicted octanol–water partition coefficient (Wildman–Crippen LogP) is 4.31. The molecule has 0 radical (unpaired) electrons. The highest BCUT2D eigenvalue weighted by Crippen LogP contribution is 2.39. The van der Waals surface area contributed by atoms with Crippen molar-refractivity contribution in [2.75, 3.05) is 18.0 Å². The first-order valence-corrected chi connectivity index (χ1v) is 9.35. The van der Waals surface area contributed by atoms with Gasteiger partial charge in [-0.3, -0.25) is 0 Å². The first-order chi connectivity index (χ1) is 10.1. The zero-order valence-corrected chi connectivity index (χ0v) is 14.8. The molecule has 0 amide bonds. The van der Waals surface area contributed by atoms with Gasteiger partial charge in [-0.2, -0.15) is 0 Å². The van der Waals surface area contributed by atoms with Crippen LogP contribution in [0.3, 0.4) is 0 Å². The molecule has 114 valence electrons. The Morgan fingerprint density at radius 3 is 3.10 bits per heavy atom. The van der Waals surface area contributed by atoms with Crippen LogP contribution in [0.25, 0.3) is 0 Å². The van der Waals surface area contributed by atoms with Gasteiger partial charge in [0.2, 0.25) is 0 Å². The second-order valence-electron chi connectivity index (χ2n) is 5.64. The minimum absolute atomic E-state index is 0.387. The Kier molecular flexibility index (Phi) is 4.33. The van der Waals surface area contributed by atoms with Crippen molar-refractivity contribution in [3.63, 3.8) is 0 Å². The Morgan fingerprint density at radius 1 is 1.52 bits per heavy atom. The van der Waals surface area contributed by atoms with Gasteiger partial charge in [-0.15, -0.1) is 11.3 Å². The van der Waals surface area contributed by atoms with E-state index in [1.165, 1.54) is 21.3 Å². The molecule has 0 spiro atoms. The van der Waals surface area contributed by atoms with E-state index in [1.807, 2.05) is 22.7 Å². The van der Waals surface area contributed by atoms with Gasteiger partial charge >= 0.3 is 0 Å². The van der Waals surface area contributed by atoms with Crippen molar-refractivity contribution in [3.8, 4) is 0 Å². The number of hydrogen-bond acceptors (Lipinski definition) is 5. The lowest BCUT2D eigenvalue weighted by atomic mass is 10.0. The number of anilines is 1. The molecule has 3 nitrogen and oxygen atoms in total. The normalized spacial score (nSPS) is 19.6. The molecule has 21 heavy (non-hydrogen) atoms. The lowest BCUT2D eigenvalue weighted by Crippen LogP contribution is -2.32. The maximum absolute atomic E-state index is 4.85. The average Bonchev–Trinajstić information content (AvgIpc) is 3.06. The number of hydrogen-bond donors (Lipinski definition) is 1. The van der Waals surface area contributed by atoms with E-state index in [4.69, 9.17) is 4.98 Å². The Morgan fingerprint density at radius 2 is 2.33 bits per heavy atom. The van der Waals surface area contributed by atoms with Gasteiger partial charge in [0.05, 0.1) is 11.7 Å². The van der Waals surface area contributed by atoms with Crippen molar-refractivity contribution < 1.29 is 0 Å². The zero-order valence-electron chi connectivity index (χ0n) is 13.1. The molecular formula is C16H23N3S2. The van der Waals surface area contributed by atoms with Crippen molar-refractivity contribution in [1.29, 1.82) is 0 Å². The molecule has 1 N–H and O–H groups in total. The van der Waals surface area contributed by atoms with Gasteiger partial charge in [0, 0.05) is 22.3 Å². The third kappa shape index (κ3) is 2.74. The summed E-state index contributed by atoms with van der Waals surface area (Å²) in [6.45, 7) is 10.9. The molecule has 0 saturated carbocycles. The molecule has 0 aliphatic carbocycles. The molecule has 0 fully saturated rings. The van der Waals surface area contributed by atoms with E-state index in [9.17, 15) is 0 Å². The number of aromatic nitrogens is 1. The van der Waals surface area contributed by atoms with Crippen molar-refractivity contribution in [1.82, 2.24) is 10.3 Å². The maximum atomic E-state index is 4.85. The highest BCUT2D eigenvalue weighted by atomic mass is 32.1. The summed E-state index contributed by atoms with van der Waals surface area (Å²) in [4.78, 5) is 10.2. The molecule has 3 rings (SSSR count). The van der Waals surface area contributed by atoms with Crippen LogP contribution in [0, 0.1) is 6.92 Å². The standard InChI is InChI=1S/C16H23N3S2/c1-5-17-10(2)15-11(3)18-16(21-15)19-8-6-14-13(12(19)4)7-9-20-14/h7,9-10,12,17H,5-6,8H2,1-4H3. The molecule has 3 heterocycles. The average molecular weight is 322 g/mol. The molecule has 0 saturated heterocycles. The topological polar surface area (TPSA) is 28.2 Å². The Bertz CT molecular complexity index is 617. The summed E-state index contributed by atoms with van der Waals surface area (Å²) in [6, 6.07) is 3.10. The van der Waals surface area contributed by atoms with E-state index in [2.05, 4.69) is 49.4 Å². The van der Waals surface area contributed by atoms with Gasteiger partial charge < -0.3 is 10.2 Å². The Hall–Kier alpha value is -0.910. The van der Waals surface area contributed by atoms with Gasteiger partial charge in [-0.05, 0) is 50.7 Å². The smallest absolute Gasteiger partial charge is 0.186 e. The SMILES string of the molecule is CCNC(C)c1sc(N2CCc3sccc3C2C)nc1C. The fraction of sp³-hybridized carbons (Fsp3) is 0.562. The van der Waals surface area contributed by atoms with E-state index in [0.717, 1.165) is 19.5 Å². The number of nitrogens with zero attached hydrogens (tertiary/aromatic N) is 2. The minimum atomic E-state index is 0.387. The minimum Gasteiger partial charge on any atom is -0.341 e. The van der Waals surface area contributed by atoms with Gasteiger partial charge in [-0.1, -0.05) is 18.3 Å². The van der Waals surface area contributed by atoms with Crippen LogP contribution in [-0.4, -0.2) is 18.1 Å². The molecule has 0 aromatic carbocycles. The summed E-state index contributed by atoms with van der Waals surface area (Å²) in [7, 11) is 0. The highest BCUT2D eigenvalue weighted by molar-refractivity contribution is 7.15. The second kappa shape index (κ2) is 6.07. The maximum Gasteiger partial charge on any atom is 0.186 e. The number of fused-ring (bicyclic) bond motifs is 1. The molecule has 2 aromatic heterocycles. The summed E-state index contributed by atoms with van der Waals surface area (Å²) in [5.74, 6) is 0. The first kappa shape index (κ1) is 15.0. The third-order valence-corrected chi connectivity index (χ3v) is 6.62. The van der Waals surface area contributed by atoms with Crippen molar-refractivity contribution in [2.45, 2.75) is 46.2 Å². The first-order valence-electron chi connectivity index (χ1n) is 7.65. The second-order valence-corrected chi connectivity index (χ2v) is 7.65. The van der Waals surface area contributed by atoms with Crippen LogP contribution in [0.4, 0.5) is 5.13 Å². The zero-order chi connectivity index (χ0) is 15.0. The highest BCUT2D eigenvalue weighted by Gasteiger charge is 2.27. The molecule has 2 aromatic rings.